The number of carbonyl (C=O) groups excluding carboxylic acids is 1. The first-order valence-electron chi connectivity index (χ1n) is 6.73. The zero-order valence-electron chi connectivity index (χ0n) is 11.9. The molecule has 2 aromatic heterocycles. The predicted octanol–water partition coefficient (Wildman–Crippen LogP) is 2.49. The van der Waals surface area contributed by atoms with Crippen molar-refractivity contribution in [1.82, 2.24) is 15.1 Å². The minimum absolute atomic E-state index is 0.172. The van der Waals surface area contributed by atoms with Gasteiger partial charge in [-0.05, 0) is 37.6 Å². The van der Waals surface area contributed by atoms with E-state index in [2.05, 4.69) is 10.2 Å². The second-order valence-electron chi connectivity index (χ2n) is 5.04. The quantitative estimate of drug-likeness (QED) is 0.925. The number of rotatable bonds is 2. The molecule has 6 nitrogen and oxygen atoms in total. The summed E-state index contributed by atoms with van der Waals surface area (Å²) in [5, 5.41) is 7.36. The summed E-state index contributed by atoms with van der Waals surface area (Å²) >= 11 is 5.75. The van der Waals surface area contributed by atoms with Crippen LogP contribution in [0.5, 0.6) is 0 Å². The monoisotopic (exact) mass is 309 g/mol. The van der Waals surface area contributed by atoms with Crippen LogP contribution in [0.4, 0.5) is 0 Å². The van der Waals surface area contributed by atoms with Gasteiger partial charge < -0.3 is 14.1 Å². The highest BCUT2D eigenvalue weighted by molar-refractivity contribution is 6.29. The predicted molar refractivity (Wildman–Crippen MR) is 76.4 cm³/mol. The van der Waals surface area contributed by atoms with Gasteiger partial charge in [0, 0.05) is 17.8 Å². The lowest BCUT2D eigenvalue weighted by Gasteiger charge is -2.35. The van der Waals surface area contributed by atoms with Crippen molar-refractivity contribution in [2.24, 2.45) is 0 Å². The average Bonchev–Trinajstić information content (AvgIpc) is 3.05. The Labute approximate surface area is 127 Å². The Morgan fingerprint density at radius 3 is 2.90 bits per heavy atom. The molecule has 0 saturated carbocycles. The third-order valence-electron chi connectivity index (χ3n) is 3.69. The fraction of sp³-hybridized carbons (Fsp3) is 0.429. The lowest BCUT2D eigenvalue weighted by molar-refractivity contribution is -0.00456. The van der Waals surface area contributed by atoms with Crippen molar-refractivity contribution >= 4 is 17.5 Å². The number of aromatic amines is 1. The van der Waals surface area contributed by atoms with E-state index in [1.165, 1.54) is 0 Å². The number of halogens is 1. The van der Waals surface area contributed by atoms with Crippen molar-refractivity contribution in [1.29, 1.82) is 0 Å². The normalized spacial score (nSPS) is 19.0. The lowest BCUT2D eigenvalue weighted by atomic mass is 10.0. The molecule has 2 aromatic rings. The average molecular weight is 310 g/mol. The van der Waals surface area contributed by atoms with E-state index in [1.54, 1.807) is 17.0 Å². The number of nitrogens with zero attached hydrogens (tertiary/aromatic N) is 2. The van der Waals surface area contributed by atoms with Crippen LogP contribution in [-0.4, -0.2) is 40.8 Å². The number of hydrogen-bond acceptors (Lipinski definition) is 4. The second kappa shape index (κ2) is 5.54. The molecule has 1 fully saturated rings. The topological polar surface area (TPSA) is 71.4 Å². The molecule has 1 N–H and O–H groups in total. The zero-order chi connectivity index (χ0) is 15.0. The molecule has 1 aliphatic heterocycles. The van der Waals surface area contributed by atoms with E-state index in [4.69, 9.17) is 20.8 Å². The van der Waals surface area contributed by atoms with Crippen molar-refractivity contribution in [3.63, 3.8) is 0 Å². The molecule has 0 aliphatic carbocycles. The van der Waals surface area contributed by atoms with Gasteiger partial charge in [0.05, 0.1) is 24.9 Å². The highest BCUT2D eigenvalue weighted by Gasteiger charge is 2.33. The maximum atomic E-state index is 12.6. The van der Waals surface area contributed by atoms with Crippen LogP contribution >= 0.6 is 11.6 Å². The smallest absolute Gasteiger partial charge is 0.290 e. The molecule has 0 aromatic carbocycles. The van der Waals surface area contributed by atoms with Crippen LogP contribution in [0.2, 0.25) is 5.22 Å². The van der Waals surface area contributed by atoms with Crippen molar-refractivity contribution in [2.45, 2.75) is 19.9 Å². The van der Waals surface area contributed by atoms with Gasteiger partial charge in [-0.15, -0.1) is 0 Å². The number of hydrogen-bond donors (Lipinski definition) is 1. The Bertz CT molecular complexity index is 645. The molecule has 3 rings (SSSR count). The van der Waals surface area contributed by atoms with Crippen molar-refractivity contribution < 1.29 is 13.9 Å². The summed E-state index contributed by atoms with van der Waals surface area (Å²) in [6.45, 7) is 5.32. The first kappa shape index (κ1) is 14.2. The summed E-state index contributed by atoms with van der Waals surface area (Å²) < 4.78 is 10.8. The van der Waals surface area contributed by atoms with Gasteiger partial charge in [-0.3, -0.25) is 9.89 Å². The zero-order valence-corrected chi connectivity index (χ0v) is 12.6. The van der Waals surface area contributed by atoms with Gasteiger partial charge in [0.2, 0.25) is 0 Å². The van der Waals surface area contributed by atoms with E-state index in [0.717, 1.165) is 17.0 Å². The summed E-state index contributed by atoms with van der Waals surface area (Å²) in [6, 6.07) is 2.99. The summed E-state index contributed by atoms with van der Waals surface area (Å²) in [7, 11) is 0. The maximum absolute atomic E-state index is 12.6. The largest absolute Gasteiger partial charge is 0.440 e. The van der Waals surface area contributed by atoms with Crippen molar-refractivity contribution in [2.75, 3.05) is 19.8 Å². The molecule has 0 bridgehead atoms. The number of amides is 1. The maximum Gasteiger partial charge on any atom is 0.290 e. The van der Waals surface area contributed by atoms with Gasteiger partial charge in [-0.1, -0.05) is 0 Å². The number of aromatic nitrogens is 2. The van der Waals surface area contributed by atoms with Crippen LogP contribution in [0.1, 0.15) is 33.5 Å². The van der Waals surface area contributed by atoms with Gasteiger partial charge in [0.1, 0.15) is 0 Å². The van der Waals surface area contributed by atoms with Crippen molar-refractivity contribution in [3.05, 3.63) is 40.1 Å². The highest BCUT2D eigenvalue weighted by atomic mass is 35.5. The number of morpholine rings is 1. The molecule has 0 radical (unpaired) electrons. The molecular formula is C14H16ClN3O3. The number of carbonyl (C=O) groups is 1. The molecule has 1 atom stereocenters. The van der Waals surface area contributed by atoms with Crippen LogP contribution in [0.3, 0.4) is 0 Å². The van der Waals surface area contributed by atoms with Crippen LogP contribution in [-0.2, 0) is 4.74 Å². The van der Waals surface area contributed by atoms with E-state index in [-0.39, 0.29) is 22.9 Å². The van der Waals surface area contributed by atoms with Gasteiger partial charge in [-0.2, -0.15) is 5.10 Å². The van der Waals surface area contributed by atoms with Crippen LogP contribution in [0.25, 0.3) is 0 Å². The molecular weight excluding hydrogens is 294 g/mol. The fourth-order valence-electron chi connectivity index (χ4n) is 2.71. The number of furan rings is 1. The molecule has 0 spiro atoms. The Balaban J connectivity index is 1.93. The Kier molecular flexibility index (Phi) is 3.73. The van der Waals surface area contributed by atoms with Gasteiger partial charge in [0.25, 0.3) is 5.91 Å². The summed E-state index contributed by atoms with van der Waals surface area (Å²) in [6.07, 6.45) is 0. The molecule has 1 amide bonds. The van der Waals surface area contributed by atoms with Crippen LogP contribution in [0.15, 0.2) is 16.5 Å². The van der Waals surface area contributed by atoms with Gasteiger partial charge in [-0.25, -0.2) is 0 Å². The molecule has 1 saturated heterocycles. The van der Waals surface area contributed by atoms with E-state index in [0.29, 0.717) is 19.8 Å². The van der Waals surface area contributed by atoms with Crippen molar-refractivity contribution in [3.8, 4) is 0 Å². The minimum atomic E-state index is -0.185. The molecule has 21 heavy (non-hydrogen) atoms. The van der Waals surface area contributed by atoms with Crippen LogP contribution < -0.4 is 0 Å². The molecule has 0 unspecified atom stereocenters. The third kappa shape index (κ3) is 2.56. The molecule has 7 heteroatoms. The van der Waals surface area contributed by atoms with E-state index < -0.39 is 0 Å². The number of H-pyrrole nitrogens is 1. The first-order valence-corrected chi connectivity index (χ1v) is 7.11. The third-order valence-corrected chi connectivity index (χ3v) is 3.89. The number of nitrogens with one attached hydrogen (secondary N) is 1. The molecule has 1 aliphatic rings. The Morgan fingerprint density at radius 2 is 2.29 bits per heavy atom. The Hall–Kier alpha value is -1.79. The van der Waals surface area contributed by atoms with Crippen LogP contribution in [0, 0.1) is 13.8 Å². The first-order chi connectivity index (χ1) is 10.1. The summed E-state index contributed by atoms with van der Waals surface area (Å²) in [5.41, 5.74) is 2.82. The number of ether oxygens (including phenoxy) is 1. The lowest BCUT2D eigenvalue weighted by Crippen LogP contribution is -2.43. The second-order valence-corrected chi connectivity index (χ2v) is 5.41. The van der Waals surface area contributed by atoms with Gasteiger partial charge >= 0.3 is 0 Å². The standard InChI is InChI=1S/C14H16ClN3O3/c1-8-13(9(2)17-16-8)10-7-20-6-5-18(10)14(19)11-3-4-12(15)21-11/h3-4,10H,5-7H2,1-2H3,(H,16,17)/t10-/m1/s1. The van der Waals surface area contributed by atoms with E-state index >= 15 is 0 Å². The Morgan fingerprint density at radius 1 is 1.48 bits per heavy atom. The minimum Gasteiger partial charge on any atom is -0.440 e. The molecule has 3 heterocycles. The van der Waals surface area contributed by atoms with Gasteiger partial charge in [0.15, 0.2) is 11.0 Å². The van der Waals surface area contributed by atoms with E-state index in [9.17, 15) is 4.79 Å². The SMILES string of the molecule is Cc1n[nH]c(C)c1[C@H]1COCCN1C(=O)c1ccc(Cl)o1. The number of aryl methyl sites for hydroxylation is 2. The van der Waals surface area contributed by atoms with E-state index in [1.807, 2.05) is 13.8 Å². The summed E-state index contributed by atoms with van der Waals surface area (Å²) in [5.74, 6) is 0.0564. The molecule has 112 valence electrons. The summed E-state index contributed by atoms with van der Waals surface area (Å²) in [4.78, 5) is 14.4. The highest BCUT2D eigenvalue weighted by Crippen LogP contribution is 2.30. The fourth-order valence-corrected chi connectivity index (χ4v) is 2.85.